The third kappa shape index (κ3) is 4.70. The molecule has 1 fully saturated rings. The van der Waals surface area contributed by atoms with Crippen molar-refractivity contribution in [2.75, 3.05) is 32.4 Å². The summed E-state index contributed by atoms with van der Waals surface area (Å²) >= 11 is 1.82. The second kappa shape index (κ2) is 8.68. The van der Waals surface area contributed by atoms with Crippen LogP contribution in [0, 0.1) is 0 Å². The van der Waals surface area contributed by atoms with Gasteiger partial charge in [-0.05, 0) is 19.2 Å². The van der Waals surface area contributed by atoms with Crippen LogP contribution in [0.15, 0.2) is 39.8 Å². The number of aromatic nitrogens is 2. The normalized spacial score (nSPS) is 20.0. The number of benzene rings is 1. The van der Waals surface area contributed by atoms with Gasteiger partial charge in [-0.3, -0.25) is 4.90 Å². The molecule has 2 aromatic rings. The van der Waals surface area contributed by atoms with Crippen LogP contribution in [0.25, 0.3) is 0 Å². The summed E-state index contributed by atoms with van der Waals surface area (Å²) in [4.78, 5) is 8.16. The number of hydrogen-bond donors (Lipinski definition) is 1. The Bertz CT molecular complexity index is 595. The maximum absolute atomic E-state index is 5.49. The molecule has 0 saturated carbocycles. The van der Waals surface area contributed by atoms with Crippen LogP contribution >= 0.6 is 24.2 Å². The van der Waals surface area contributed by atoms with Crippen molar-refractivity contribution < 1.29 is 4.52 Å². The maximum Gasteiger partial charge on any atom is 0.230 e. The lowest BCUT2D eigenvalue weighted by Crippen LogP contribution is -2.44. The molecule has 0 spiro atoms. The van der Waals surface area contributed by atoms with Crippen molar-refractivity contribution in [2.24, 2.45) is 0 Å². The van der Waals surface area contributed by atoms with Gasteiger partial charge in [0.05, 0.1) is 6.04 Å². The Morgan fingerprint density at radius 3 is 2.91 bits per heavy atom. The molecule has 2 unspecified atom stereocenters. The molecule has 0 aliphatic carbocycles. The van der Waals surface area contributed by atoms with Crippen LogP contribution in [0.5, 0.6) is 0 Å². The van der Waals surface area contributed by atoms with Crippen LogP contribution in [0.2, 0.25) is 0 Å². The minimum Gasteiger partial charge on any atom is -0.339 e. The first kappa shape index (κ1) is 18.3. The Morgan fingerprint density at radius 2 is 2.17 bits per heavy atom. The van der Waals surface area contributed by atoms with E-state index >= 15 is 0 Å². The first-order valence-corrected chi connectivity index (χ1v) is 8.65. The lowest BCUT2D eigenvalue weighted by molar-refractivity contribution is 0.190. The molecule has 1 N–H and O–H groups in total. The quantitative estimate of drug-likeness (QED) is 0.833. The van der Waals surface area contributed by atoms with Crippen molar-refractivity contribution >= 4 is 24.2 Å². The molecule has 2 heterocycles. The third-order valence-corrected chi connectivity index (χ3v) is 5.20. The van der Waals surface area contributed by atoms with Crippen LogP contribution in [-0.4, -0.2) is 47.5 Å². The third-order valence-electron chi connectivity index (χ3n) is 3.93. The van der Waals surface area contributed by atoms with E-state index in [0.29, 0.717) is 0 Å². The van der Waals surface area contributed by atoms with Gasteiger partial charge in [-0.2, -0.15) is 4.98 Å². The van der Waals surface area contributed by atoms with Gasteiger partial charge in [0.15, 0.2) is 5.82 Å². The standard InChI is InChI=1S/C16H22N4OS.ClH/c1-12(11-22-13-6-4-3-5-7-13)16-18-15(19-21-16)14-10-17-8-9-20(14)2;/h3-7,12,14,17H,8-11H2,1-2H3;1H. The summed E-state index contributed by atoms with van der Waals surface area (Å²) in [6.07, 6.45) is 0. The summed E-state index contributed by atoms with van der Waals surface area (Å²) in [5.74, 6) is 2.71. The van der Waals surface area contributed by atoms with Crippen LogP contribution in [0.3, 0.4) is 0 Å². The van der Waals surface area contributed by atoms with Gasteiger partial charge in [0, 0.05) is 36.2 Å². The highest BCUT2D eigenvalue weighted by Crippen LogP contribution is 2.26. The number of thioether (sulfide) groups is 1. The molecular weight excluding hydrogens is 332 g/mol. The molecule has 5 nitrogen and oxygen atoms in total. The van der Waals surface area contributed by atoms with Crippen LogP contribution < -0.4 is 5.32 Å². The van der Waals surface area contributed by atoms with E-state index in [1.54, 1.807) is 0 Å². The fraction of sp³-hybridized carbons (Fsp3) is 0.500. The van der Waals surface area contributed by atoms with Gasteiger partial charge in [0.1, 0.15) is 0 Å². The Hall–Kier alpha value is -1.08. The van der Waals surface area contributed by atoms with E-state index in [9.17, 15) is 0 Å². The molecule has 7 heteroatoms. The van der Waals surface area contributed by atoms with Crippen molar-refractivity contribution in [1.29, 1.82) is 0 Å². The molecule has 0 amide bonds. The number of halogens is 1. The summed E-state index contributed by atoms with van der Waals surface area (Å²) in [5, 5.41) is 7.57. The summed E-state index contributed by atoms with van der Waals surface area (Å²) < 4.78 is 5.49. The zero-order chi connectivity index (χ0) is 15.4. The maximum atomic E-state index is 5.49. The summed E-state index contributed by atoms with van der Waals surface area (Å²) in [6.45, 7) is 5.04. The molecule has 23 heavy (non-hydrogen) atoms. The van der Waals surface area contributed by atoms with Crippen molar-refractivity contribution in [3.8, 4) is 0 Å². The van der Waals surface area contributed by atoms with Gasteiger partial charge in [0.2, 0.25) is 5.89 Å². The Balaban J connectivity index is 0.00000192. The van der Waals surface area contributed by atoms with Gasteiger partial charge < -0.3 is 9.84 Å². The minimum atomic E-state index is 0. The van der Waals surface area contributed by atoms with E-state index in [2.05, 4.69) is 58.6 Å². The van der Waals surface area contributed by atoms with Crippen LogP contribution in [0.4, 0.5) is 0 Å². The van der Waals surface area contributed by atoms with Crippen molar-refractivity contribution in [3.63, 3.8) is 0 Å². The van der Waals surface area contributed by atoms with Gasteiger partial charge in [-0.1, -0.05) is 30.3 Å². The summed E-state index contributed by atoms with van der Waals surface area (Å²) in [7, 11) is 2.11. The van der Waals surface area contributed by atoms with Crippen molar-refractivity contribution in [2.45, 2.75) is 23.8 Å². The molecule has 0 bridgehead atoms. The topological polar surface area (TPSA) is 54.2 Å². The zero-order valence-electron chi connectivity index (χ0n) is 13.4. The molecular formula is C16H23ClN4OS. The summed E-state index contributed by atoms with van der Waals surface area (Å²) in [5.41, 5.74) is 0. The fourth-order valence-corrected chi connectivity index (χ4v) is 3.42. The predicted octanol–water partition coefficient (Wildman–Crippen LogP) is 2.96. The Morgan fingerprint density at radius 1 is 1.39 bits per heavy atom. The molecule has 0 radical (unpaired) electrons. The second-order valence-electron chi connectivity index (χ2n) is 5.72. The Labute approximate surface area is 147 Å². The van der Waals surface area contributed by atoms with Gasteiger partial charge in [0.25, 0.3) is 0 Å². The molecule has 1 saturated heterocycles. The van der Waals surface area contributed by atoms with E-state index < -0.39 is 0 Å². The lowest BCUT2D eigenvalue weighted by Gasteiger charge is -2.30. The van der Waals surface area contributed by atoms with E-state index in [1.165, 1.54) is 4.90 Å². The average Bonchev–Trinajstić information content (AvgIpc) is 3.04. The van der Waals surface area contributed by atoms with Crippen molar-refractivity contribution in [1.82, 2.24) is 20.4 Å². The van der Waals surface area contributed by atoms with E-state index in [4.69, 9.17) is 4.52 Å². The highest BCUT2D eigenvalue weighted by molar-refractivity contribution is 7.99. The van der Waals surface area contributed by atoms with Gasteiger partial charge in [-0.25, -0.2) is 0 Å². The predicted molar refractivity (Wildman–Crippen MR) is 95.4 cm³/mol. The number of rotatable bonds is 5. The van der Waals surface area contributed by atoms with Crippen molar-refractivity contribution in [3.05, 3.63) is 42.0 Å². The molecule has 1 aliphatic heterocycles. The summed E-state index contributed by atoms with van der Waals surface area (Å²) in [6, 6.07) is 10.6. The Kier molecular flexibility index (Phi) is 6.89. The number of hydrogen-bond acceptors (Lipinski definition) is 6. The van der Waals surface area contributed by atoms with Crippen LogP contribution in [-0.2, 0) is 0 Å². The molecule has 1 aliphatic rings. The molecule has 3 rings (SSSR count). The molecule has 1 aromatic carbocycles. The largest absolute Gasteiger partial charge is 0.339 e. The number of piperazine rings is 1. The zero-order valence-corrected chi connectivity index (χ0v) is 15.1. The van der Waals surface area contributed by atoms with Crippen LogP contribution in [0.1, 0.15) is 30.6 Å². The molecule has 1 aromatic heterocycles. The SMILES string of the molecule is CC(CSc1ccccc1)c1nc(C2CNCCN2C)no1.Cl. The van der Waals surface area contributed by atoms with E-state index in [0.717, 1.165) is 37.1 Å². The molecule has 126 valence electrons. The van der Waals surface area contributed by atoms with Gasteiger partial charge >= 0.3 is 0 Å². The highest BCUT2D eigenvalue weighted by atomic mass is 35.5. The number of nitrogens with one attached hydrogen (secondary N) is 1. The monoisotopic (exact) mass is 354 g/mol. The first-order chi connectivity index (χ1) is 10.7. The van der Waals surface area contributed by atoms with Gasteiger partial charge in [-0.15, -0.1) is 24.2 Å². The van der Waals surface area contributed by atoms with E-state index in [-0.39, 0.29) is 24.4 Å². The number of likely N-dealkylation sites (N-methyl/N-ethyl adjacent to an activating group) is 1. The minimum absolute atomic E-state index is 0. The first-order valence-electron chi connectivity index (χ1n) is 7.66. The number of nitrogens with zero attached hydrogens (tertiary/aromatic N) is 3. The average molecular weight is 355 g/mol. The fourth-order valence-electron chi connectivity index (χ4n) is 2.49. The van der Waals surface area contributed by atoms with E-state index in [1.807, 2.05) is 17.8 Å². The smallest absolute Gasteiger partial charge is 0.230 e. The highest BCUT2D eigenvalue weighted by Gasteiger charge is 2.26. The lowest BCUT2D eigenvalue weighted by atomic mass is 10.2. The second-order valence-corrected chi connectivity index (χ2v) is 6.81. The molecule has 2 atom stereocenters.